The summed E-state index contributed by atoms with van der Waals surface area (Å²) >= 11 is 0. The molecule has 3 unspecified atom stereocenters. The summed E-state index contributed by atoms with van der Waals surface area (Å²) in [7, 11) is 0. The molecule has 3 N–H and O–H groups in total. The van der Waals surface area contributed by atoms with Crippen LogP contribution in [0.25, 0.3) is 0 Å². The van der Waals surface area contributed by atoms with Crippen LogP contribution in [0.4, 0.5) is 0 Å². The summed E-state index contributed by atoms with van der Waals surface area (Å²) in [6.07, 6.45) is 3.04. The zero-order valence-corrected chi connectivity index (χ0v) is 9.46. The van der Waals surface area contributed by atoms with Crippen LogP contribution in [-0.2, 0) is 4.74 Å². The minimum Gasteiger partial charge on any atom is -0.392 e. The van der Waals surface area contributed by atoms with Gasteiger partial charge in [-0.3, -0.25) is 0 Å². The average Bonchev–Trinajstić information content (AvgIpc) is 2.76. The van der Waals surface area contributed by atoms with E-state index in [0.717, 1.165) is 39.1 Å². The van der Waals surface area contributed by atoms with Crippen LogP contribution in [0.15, 0.2) is 0 Å². The van der Waals surface area contributed by atoms with E-state index in [2.05, 4.69) is 17.6 Å². The summed E-state index contributed by atoms with van der Waals surface area (Å²) in [5.41, 5.74) is 0.0389. The highest BCUT2D eigenvalue weighted by Gasteiger charge is 2.30. The Hall–Kier alpha value is -0.160. The van der Waals surface area contributed by atoms with E-state index in [1.54, 1.807) is 0 Å². The fourth-order valence-corrected chi connectivity index (χ4v) is 2.44. The van der Waals surface area contributed by atoms with E-state index < -0.39 is 0 Å². The first-order valence-electron chi connectivity index (χ1n) is 5.94. The molecule has 2 aliphatic heterocycles. The molecule has 15 heavy (non-hydrogen) atoms. The molecule has 4 heteroatoms. The Morgan fingerprint density at radius 2 is 2.47 bits per heavy atom. The van der Waals surface area contributed by atoms with Crippen LogP contribution >= 0.6 is 0 Å². The van der Waals surface area contributed by atoms with Gasteiger partial charge in [-0.05, 0) is 26.2 Å². The Morgan fingerprint density at radius 3 is 3.07 bits per heavy atom. The van der Waals surface area contributed by atoms with Crippen molar-refractivity contribution in [3.8, 4) is 0 Å². The Morgan fingerprint density at radius 1 is 1.60 bits per heavy atom. The molecule has 0 bridgehead atoms. The van der Waals surface area contributed by atoms with Crippen molar-refractivity contribution in [2.75, 3.05) is 26.2 Å². The smallest absolute Gasteiger partial charge is 0.0779 e. The van der Waals surface area contributed by atoms with Crippen molar-refractivity contribution in [1.29, 1.82) is 0 Å². The van der Waals surface area contributed by atoms with Crippen molar-refractivity contribution < 1.29 is 9.84 Å². The summed E-state index contributed by atoms with van der Waals surface area (Å²) in [5, 5.41) is 16.1. The van der Waals surface area contributed by atoms with E-state index in [1.807, 2.05) is 0 Å². The topological polar surface area (TPSA) is 53.5 Å². The second-order valence-electron chi connectivity index (χ2n) is 5.03. The van der Waals surface area contributed by atoms with Gasteiger partial charge in [-0.15, -0.1) is 0 Å². The number of β-amino-alcohol motifs (C(OH)–C–C–N with tert-alkyl or cyclic N) is 1. The molecule has 2 aliphatic rings. The lowest BCUT2D eigenvalue weighted by Crippen LogP contribution is -2.42. The molecule has 3 atom stereocenters. The number of hydrogen-bond donors (Lipinski definition) is 3. The van der Waals surface area contributed by atoms with Gasteiger partial charge in [-0.25, -0.2) is 0 Å². The maximum atomic E-state index is 9.35. The second kappa shape index (κ2) is 4.78. The van der Waals surface area contributed by atoms with E-state index in [9.17, 15) is 5.11 Å². The predicted molar refractivity (Wildman–Crippen MR) is 58.9 cm³/mol. The number of ether oxygens (including phenoxy) is 1. The van der Waals surface area contributed by atoms with Crippen LogP contribution in [-0.4, -0.2) is 49.1 Å². The molecule has 2 rings (SSSR count). The van der Waals surface area contributed by atoms with Gasteiger partial charge in [0, 0.05) is 32.3 Å². The van der Waals surface area contributed by atoms with E-state index in [1.165, 1.54) is 6.42 Å². The van der Waals surface area contributed by atoms with Crippen molar-refractivity contribution >= 4 is 0 Å². The summed E-state index contributed by atoms with van der Waals surface area (Å²) in [6.45, 7) is 5.65. The molecule has 0 radical (unpaired) electrons. The third-order valence-electron chi connectivity index (χ3n) is 3.39. The molecule has 2 fully saturated rings. The first kappa shape index (κ1) is 11.3. The molecule has 2 heterocycles. The molecule has 2 saturated heterocycles. The normalized spacial score (nSPS) is 41.2. The van der Waals surface area contributed by atoms with Gasteiger partial charge in [-0.2, -0.15) is 0 Å². The van der Waals surface area contributed by atoms with Crippen LogP contribution in [0.1, 0.15) is 26.2 Å². The van der Waals surface area contributed by atoms with Gasteiger partial charge in [0.15, 0.2) is 0 Å². The van der Waals surface area contributed by atoms with Crippen molar-refractivity contribution in [3.05, 3.63) is 0 Å². The lowest BCUT2D eigenvalue weighted by Gasteiger charge is -2.24. The number of aliphatic hydroxyl groups is 1. The van der Waals surface area contributed by atoms with Gasteiger partial charge in [0.05, 0.1) is 11.7 Å². The molecular formula is C11H22N2O2. The second-order valence-corrected chi connectivity index (χ2v) is 5.03. The summed E-state index contributed by atoms with van der Waals surface area (Å²) in [4.78, 5) is 0. The minimum absolute atomic E-state index is 0.0389. The molecule has 0 aliphatic carbocycles. The Kier molecular flexibility index (Phi) is 3.61. The predicted octanol–water partition coefficient (Wildman–Crippen LogP) is -0.132. The molecule has 4 nitrogen and oxygen atoms in total. The first-order valence-corrected chi connectivity index (χ1v) is 5.94. The highest BCUT2D eigenvalue weighted by molar-refractivity contribution is 4.86. The molecular weight excluding hydrogens is 192 g/mol. The third kappa shape index (κ3) is 3.14. The largest absolute Gasteiger partial charge is 0.392 e. The monoisotopic (exact) mass is 214 g/mol. The van der Waals surface area contributed by atoms with E-state index in [-0.39, 0.29) is 11.7 Å². The third-order valence-corrected chi connectivity index (χ3v) is 3.39. The average molecular weight is 214 g/mol. The molecule has 0 aromatic heterocycles. The van der Waals surface area contributed by atoms with Crippen molar-refractivity contribution in [1.82, 2.24) is 10.6 Å². The van der Waals surface area contributed by atoms with Gasteiger partial charge in [0.1, 0.15) is 0 Å². The van der Waals surface area contributed by atoms with Crippen LogP contribution in [0.3, 0.4) is 0 Å². The number of nitrogens with one attached hydrogen (secondary N) is 2. The summed E-state index contributed by atoms with van der Waals surface area (Å²) in [5.74, 6) is 0. The summed E-state index contributed by atoms with van der Waals surface area (Å²) < 4.78 is 5.69. The van der Waals surface area contributed by atoms with Gasteiger partial charge in [0.2, 0.25) is 0 Å². The SMILES string of the molecule is CC1(CNCC2CC(O)CN2)CCCO1. The quantitative estimate of drug-likeness (QED) is 0.610. The van der Waals surface area contributed by atoms with Crippen LogP contribution in [0, 0.1) is 0 Å². The minimum atomic E-state index is -0.157. The van der Waals surface area contributed by atoms with Gasteiger partial charge in [-0.1, -0.05) is 0 Å². The maximum absolute atomic E-state index is 9.35. The zero-order chi connectivity index (χ0) is 10.7. The number of rotatable bonds is 4. The Labute approximate surface area is 91.4 Å². The highest BCUT2D eigenvalue weighted by atomic mass is 16.5. The molecule has 0 aromatic carbocycles. The van der Waals surface area contributed by atoms with E-state index >= 15 is 0 Å². The first-order chi connectivity index (χ1) is 7.18. The molecule has 0 amide bonds. The van der Waals surface area contributed by atoms with Gasteiger partial charge < -0.3 is 20.5 Å². The molecule has 0 saturated carbocycles. The van der Waals surface area contributed by atoms with Crippen LogP contribution < -0.4 is 10.6 Å². The number of hydrogen-bond acceptors (Lipinski definition) is 4. The standard InChI is InChI=1S/C11H22N2O2/c1-11(3-2-4-15-11)8-12-6-9-5-10(14)7-13-9/h9-10,12-14H,2-8H2,1H3. The lowest BCUT2D eigenvalue weighted by atomic mass is 10.0. The fourth-order valence-electron chi connectivity index (χ4n) is 2.44. The molecule has 88 valence electrons. The van der Waals surface area contributed by atoms with Gasteiger partial charge >= 0.3 is 0 Å². The zero-order valence-electron chi connectivity index (χ0n) is 9.46. The van der Waals surface area contributed by atoms with Crippen molar-refractivity contribution in [2.45, 2.75) is 43.9 Å². The maximum Gasteiger partial charge on any atom is 0.0779 e. The Balaban J connectivity index is 1.62. The molecule has 0 spiro atoms. The number of aliphatic hydroxyl groups excluding tert-OH is 1. The lowest BCUT2D eigenvalue weighted by molar-refractivity contribution is 0.0207. The van der Waals surface area contributed by atoms with Crippen LogP contribution in [0.5, 0.6) is 0 Å². The van der Waals surface area contributed by atoms with Gasteiger partial charge in [0.25, 0.3) is 0 Å². The van der Waals surface area contributed by atoms with Crippen molar-refractivity contribution in [2.24, 2.45) is 0 Å². The fraction of sp³-hybridized carbons (Fsp3) is 1.00. The Bertz CT molecular complexity index is 205. The highest BCUT2D eigenvalue weighted by Crippen LogP contribution is 2.23. The van der Waals surface area contributed by atoms with E-state index in [0.29, 0.717) is 6.04 Å². The van der Waals surface area contributed by atoms with Crippen molar-refractivity contribution in [3.63, 3.8) is 0 Å². The molecule has 0 aromatic rings. The summed E-state index contributed by atoms with van der Waals surface area (Å²) in [6, 6.07) is 0.421. The van der Waals surface area contributed by atoms with Crippen LogP contribution in [0.2, 0.25) is 0 Å². The van der Waals surface area contributed by atoms with E-state index in [4.69, 9.17) is 4.74 Å².